The molecule has 2 heterocycles. The highest BCUT2D eigenvalue weighted by Crippen LogP contribution is 2.30. The number of fused-ring (bicyclic) bond motifs is 1. The molecule has 0 saturated heterocycles. The van der Waals surface area contributed by atoms with Crippen LogP contribution in [0.5, 0.6) is 5.75 Å². The van der Waals surface area contributed by atoms with E-state index in [9.17, 15) is 0 Å². The molecule has 2 aromatic heterocycles. The van der Waals surface area contributed by atoms with Crippen LogP contribution in [0.25, 0.3) is 11.0 Å². The smallest absolute Gasteiger partial charge is 0.176 e. The van der Waals surface area contributed by atoms with E-state index >= 15 is 0 Å². The molecule has 0 fully saturated rings. The summed E-state index contributed by atoms with van der Waals surface area (Å²) >= 11 is 0. The molecular formula is C16H19N3O2. The molecule has 5 heteroatoms. The van der Waals surface area contributed by atoms with Crippen LogP contribution in [0, 0.1) is 6.92 Å². The molecule has 3 rings (SSSR count). The van der Waals surface area contributed by atoms with E-state index in [2.05, 4.69) is 28.5 Å². The van der Waals surface area contributed by atoms with Crippen LogP contribution in [0.3, 0.4) is 0 Å². The average molecular weight is 285 g/mol. The van der Waals surface area contributed by atoms with Crippen LogP contribution in [-0.4, -0.2) is 17.3 Å². The number of nitrogens with one attached hydrogen (secondary N) is 2. The molecule has 21 heavy (non-hydrogen) atoms. The highest BCUT2D eigenvalue weighted by Gasteiger charge is 2.14. The van der Waals surface area contributed by atoms with Gasteiger partial charge in [0.25, 0.3) is 0 Å². The molecule has 0 aliphatic heterocycles. The van der Waals surface area contributed by atoms with Gasteiger partial charge in [0.05, 0.1) is 19.3 Å². The van der Waals surface area contributed by atoms with E-state index in [0.717, 1.165) is 40.3 Å². The Hall–Kier alpha value is -2.27. The lowest BCUT2D eigenvalue weighted by Crippen LogP contribution is -2.17. The number of aromatic nitrogens is 2. The number of hydrogen-bond donors (Lipinski definition) is 2. The Morgan fingerprint density at radius 1 is 1.43 bits per heavy atom. The fourth-order valence-electron chi connectivity index (χ4n) is 2.35. The van der Waals surface area contributed by atoms with Gasteiger partial charge in [-0.1, -0.05) is 12.1 Å². The number of furan rings is 1. The number of ether oxygens (including phenoxy) is 1. The van der Waals surface area contributed by atoms with Gasteiger partial charge in [-0.3, -0.25) is 5.10 Å². The summed E-state index contributed by atoms with van der Waals surface area (Å²) in [4.78, 5) is 0. The molecule has 2 N–H and O–H groups in total. The lowest BCUT2D eigenvalue weighted by Gasteiger charge is -2.10. The molecule has 110 valence electrons. The number of para-hydroxylation sites is 1. The minimum Gasteiger partial charge on any atom is -0.493 e. The largest absolute Gasteiger partial charge is 0.493 e. The van der Waals surface area contributed by atoms with Crippen LogP contribution in [0.1, 0.15) is 30.0 Å². The van der Waals surface area contributed by atoms with E-state index < -0.39 is 0 Å². The lowest BCUT2D eigenvalue weighted by atomic mass is 10.2. The van der Waals surface area contributed by atoms with Crippen LogP contribution in [0.2, 0.25) is 0 Å². The van der Waals surface area contributed by atoms with Crippen molar-refractivity contribution in [2.24, 2.45) is 0 Å². The van der Waals surface area contributed by atoms with Crippen molar-refractivity contribution in [3.8, 4) is 5.75 Å². The van der Waals surface area contributed by atoms with Crippen molar-refractivity contribution in [2.75, 3.05) is 7.11 Å². The van der Waals surface area contributed by atoms with Crippen molar-refractivity contribution in [3.05, 3.63) is 47.5 Å². The first-order valence-corrected chi connectivity index (χ1v) is 6.97. The molecule has 1 unspecified atom stereocenters. The number of aryl methyl sites for hydroxylation is 1. The van der Waals surface area contributed by atoms with E-state index in [-0.39, 0.29) is 6.04 Å². The summed E-state index contributed by atoms with van der Waals surface area (Å²) in [5.41, 5.74) is 3.04. The zero-order valence-corrected chi connectivity index (χ0v) is 12.4. The Morgan fingerprint density at radius 2 is 2.29 bits per heavy atom. The summed E-state index contributed by atoms with van der Waals surface area (Å²) in [6.07, 6.45) is 1.84. The van der Waals surface area contributed by atoms with Crippen molar-refractivity contribution in [2.45, 2.75) is 26.4 Å². The van der Waals surface area contributed by atoms with Crippen molar-refractivity contribution >= 4 is 11.0 Å². The van der Waals surface area contributed by atoms with Gasteiger partial charge in [0.1, 0.15) is 5.76 Å². The van der Waals surface area contributed by atoms with Crippen LogP contribution in [0.4, 0.5) is 0 Å². The second-order valence-corrected chi connectivity index (χ2v) is 5.15. The number of methoxy groups -OCH3 is 1. The topological polar surface area (TPSA) is 63.1 Å². The summed E-state index contributed by atoms with van der Waals surface area (Å²) in [5, 5.41) is 11.5. The summed E-state index contributed by atoms with van der Waals surface area (Å²) in [5.74, 6) is 1.66. The first kappa shape index (κ1) is 13.7. The number of nitrogens with zero attached hydrogens (tertiary/aromatic N) is 1. The summed E-state index contributed by atoms with van der Waals surface area (Å²) in [7, 11) is 1.65. The molecular weight excluding hydrogens is 266 g/mol. The average Bonchev–Trinajstić information content (AvgIpc) is 3.10. The van der Waals surface area contributed by atoms with Crippen LogP contribution >= 0.6 is 0 Å². The van der Waals surface area contributed by atoms with Crippen molar-refractivity contribution < 1.29 is 9.15 Å². The maximum absolute atomic E-state index is 5.94. The third-order valence-corrected chi connectivity index (χ3v) is 3.71. The molecule has 1 atom stereocenters. The Balaban J connectivity index is 1.78. The number of hydrogen-bond acceptors (Lipinski definition) is 4. The fourth-order valence-corrected chi connectivity index (χ4v) is 2.35. The van der Waals surface area contributed by atoms with E-state index in [1.807, 2.05) is 31.3 Å². The Kier molecular flexibility index (Phi) is 3.66. The zero-order valence-electron chi connectivity index (χ0n) is 12.4. The Bertz CT molecular complexity index is 745. The summed E-state index contributed by atoms with van der Waals surface area (Å²) in [6.45, 7) is 4.85. The highest BCUT2D eigenvalue weighted by atomic mass is 16.5. The first-order chi connectivity index (χ1) is 10.2. The lowest BCUT2D eigenvalue weighted by molar-refractivity contribution is 0.399. The van der Waals surface area contributed by atoms with Gasteiger partial charge >= 0.3 is 0 Å². The van der Waals surface area contributed by atoms with Crippen molar-refractivity contribution in [3.63, 3.8) is 0 Å². The quantitative estimate of drug-likeness (QED) is 0.755. The van der Waals surface area contributed by atoms with E-state index in [4.69, 9.17) is 9.15 Å². The third kappa shape index (κ3) is 2.64. The van der Waals surface area contributed by atoms with E-state index in [0.29, 0.717) is 0 Å². The predicted molar refractivity (Wildman–Crippen MR) is 81.3 cm³/mol. The van der Waals surface area contributed by atoms with E-state index in [1.165, 1.54) is 0 Å². The first-order valence-electron chi connectivity index (χ1n) is 6.97. The maximum Gasteiger partial charge on any atom is 0.176 e. The van der Waals surface area contributed by atoms with Gasteiger partial charge in [-0.15, -0.1) is 0 Å². The summed E-state index contributed by atoms with van der Waals surface area (Å²) < 4.78 is 11.3. The molecule has 3 aromatic rings. The normalized spacial score (nSPS) is 12.7. The van der Waals surface area contributed by atoms with E-state index in [1.54, 1.807) is 7.11 Å². The highest BCUT2D eigenvalue weighted by molar-refractivity contribution is 5.83. The summed E-state index contributed by atoms with van der Waals surface area (Å²) in [6, 6.07) is 8.06. The van der Waals surface area contributed by atoms with Crippen LogP contribution in [0.15, 0.2) is 34.9 Å². The monoisotopic (exact) mass is 285 g/mol. The molecule has 0 spiro atoms. The standard InChI is InChI=1S/C16H19N3O2/c1-10-13(9-18-19-10)8-17-11(2)15-7-12-5-4-6-14(20-3)16(12)21-15/h4-7,9,11,17H,8H2,1-3H3,(H,18,19). The molecule has 1 aromatic carbocycles. The fraction of sp³-hybridized carbons (Fsp3) is 0.312. The van der Waals surface area contributed by atoms with Crippen molar-refractivity contribution in [1.82, 2.24) is 15.5 Å². The molecule has 0 bridgehead atoms. The van der Waals surface area contributed by atoms with Crippen LogP contribution < -0.4 is 10.1 Å². The molecule has 5 nitrogen and oxygen atoms in total. The van der Waals surface area contributed by atoms with Gasteiger partial charge < -0.3 is 14.5 Å². The van der Waals surface area contributed by atoms with Gasteiger partial charge in [0.2, 0.25) is 0 Å². The minimum atomic E-state index is 0.108. The van der Waals surface area contributed by atoms with Gasteiger partial charge in [0.15, 0.2) is 11.3 Å². The molecule has 0 aliphatic carbocycles. The van der Waals surface area contributed by atoms with Gasteiger partial charge in [-0.25, -0.2) is 0 Å². The zero-order chi connectivity index (χ0) is 14.8. The van der Waals surface area contributed by atoms with Gasteiger partial charge in [0, 0.05) is 23.2 Å². The molecule has 0 radical (unpaired) electrons. The molecule has 0 amide bonds. The molecule has 0 aliphatic rings. The number of rotatable bonds is 5. The number of H-pyrrole nitrogens is 1. The van der Waals surface area contributed by atoms with Crippen molar-refractivity contribution in [1.29, 1.82) is 0 Å². The number of aromatic amines is 1. The second kappa shape index (κ2) is 5.61. The second-order valence-electron chi connectivity index (χ2n) is 5.15. The predicted octanol–water partition coefficient (Wildman–Crippen LogP) is 3.32. The van der Waals surface area contributed by atoms with Crippen LogP contribution in [-0.2, 0) is 6.54 Å². The minimum absolute atomic E-state index is 0.108. The SMILES string of the molecule is COc1cccc2cc(C(C)NCc3cn[nH]c3C)oc12. The Labute approximate surface area is 123 Å². The van der Waals surface area contributed by atoms with Gasteiger partial charge in [-0.2, -0.15) is 5.10 Å². The molecule has 0 saturated carbocycles. The third-order valence-electron chi connectivity index (χ3n) is 3.71. The number of benzene rings is 1. The van der Waals surface area contributed by atoms with Gasteiger partial charge in [-0.05, 0) is 26.0 Å². The maximum atomic E-state index is 5.94. The Morgan fingerprint density at radius 3 is 3.00 bits per heavy atom.